The Kier molecular flexibility index (Phi) is 4.66. The highest BCUT2D eigenvalue weighted by Crippen LogP contribution is 2.13. The van der Waals surface area contributed by atoms with Gasteiger partial charge in [-0.3, -0.25) is 14.6 Å². The van der Waals surface area contributed by atoms with Gasteiger partial charge in [0.2, 0.25) is 5.91 Å². The predicted molar refractivity (Wildman–Crippen MR) is 86.8 cm³/mol. The van der Waals surface area contributed by atoms with E-state index in [4.69, 9.17) is 0 Å². The highest BCUT2D eigenvalue weighted by atomic mass is 16.2. The molecule has 0 radical (unpaired) electrons. The fraction of sp³-hybridized carbons (Fsp3) is 0.278. The van der Waals surface area contributed by atoms with E-state index in [1.54, 1.807) is 24.5 Å². The summed E-state index contributed by atoms with van der Waals surface area (Å²) in [5.74, 6) is -0.0592. The standard InChI is InChI=1S/C18H19N3O2/c22-17-12-16(20-18(23)15-6-9-19-10-7-15)13-21(17)11-8-14-4-2-1-3-5-14/h1-7,9-10,16H,8,11-13H2,(H,20,23)/t16-/m0/s1. The third-order valence-corrected chi connectivity index (χ3v) is 4.01. The van der Waals surface area contributed by atoms with Gasteiger partial charge in [0, 0.05) is 37.5 Å². The molecule has 1 fully saturated rings. The summed E-state index contributed by atoms with van der Waals surface area (Å²) in [5, 5.41) is 2.92. The van der Waals surface area contributed by atoms with E-state index in [9.17, 15) is 9.59 Å². The number of hydrogen-bond donors (Lipinski definition) is 1. The second-order valence-electron chi connectivity index (χ2n) is 5.69. The van der Waals surface area contributed by atoms with Crippen LogP contribution in [0.1, 0.15) is 22.3 Å². The second kappa shape index (κ2) is 7.05. The van der Waals surface area contributed by atoms with Crippen molar-refractivity contribution >= 4 is 11.8 Å². The molecule has 2 heterocycles. The van der Waals surface area contributed by atoms with Gasteiger partial charge in [-0.05, 0) is 24.1 Å². The van der Waals surface area contributed by atoms with Crippen LogP contribution in [0.4, 0.5) is 0 Å². The monoisotopic (exact) mass is 309 g/mol. The van der Waals surface area contributed by atoms with Crippen molar-refractivity contribution < 1.29 is 9.59 Å². The number of benzene rings is 1. The molecule has 2 amide bonds. The minimum Gasteiger partial charge on any atom is -0.347 e. The summed E-state index contributed by atoms with van der Waals surface area (Å²) in [4.78, 5) is 29.9. The Labute approximate surface area is 135 Å². The number of pyridine rings is 1. The van der Waals surface area contributed by atoms with E-state index in [2.05, 4.69) is 22.4 Å². The number of carbonyl (C=O) groups is 2. The van der Waals surface area contributed by atoms with Crippen molar-refractivity contribution in [1.82, 2.24) is 15.2 Å². The molecule has 1 N–H and O–H groups in total. The number of aromatic nitrogens is 1. The first-order valence-electron chi connectivity index (χ1n) is 7.75. The summed E-state index contributed by atoms with van der Waals surface area (Å²) in [5.41, 5.74) is 1.78. The first-order chi connectivity index (χ1) is 11.2. The van der Waals surface area contributed by atoms with Crippen LogP contribution in [0.2, 0.25) is 0 Å². The summed E-state index contributed by atoms with van der Waals surface area (Å²) >= 11 is 0. The predicted octanol–water partition coefficient (Wildman–Crippen LogP) is 1.65. The lowest BCUT2D eigenvalue weighted by atomic mass is 10.1. The smallest absolute Gasteiger partial charge is 0.251 e. The third-order valence-electron chi connectivity index (χ3n) is 4.01. The first-order valence-corrected chi connectivity index (χ1v) is 7.75. The highest BCUT2D eigenvalue weighted by Gasteiger charge is 2.30. The van der Waals surface area contributed by atoms with Gasteiger partial charge in [0.15, 0.2) is 0 Å². The maximum Gasteiger partial charge on any atom is 0.251 e. The Balaban J connectivity index is 1.52. The highest BCUT2D eigenvalue weighted by molar-refractivity contribution is 5.94. The zero-order chi connectivity index (χ0) is 16.1. The molecular formula is C18H19N3O2. The average Bonchev–Trinajstić information content (AvgIpc) is 2.94. The molecule has 1 aliphatic rings. The molecule has 118 valence electrons. The number of rotatable bonds is 5. The molecule has 0 saturated carbocycles. The molecule has 0 bridgehead atoms. The molecule has 1 aromatic heterocycles. The first kappa shape index (κ1) is 15.2. The zero-order valence-corrected chi connectivity index (χ0v) is 12.8. The van der Waals surface area contributed by atoms with E-state index in [0.29, 0.717) is 25.1 Å². The second-order valence-corrected chi connectivity index (χ2v) is 5.69. The van der Waals surface area contributed by atoms with Crippen LogP contribution in [-0.2, 0) is 11.2 Å². The number of nitrogens with one attached hydrogen (secondary N) is 1. The number of likely N-dealkylation sites (tertiary alicyclic amines) is 1. The summed E-state index contributed by atoms with van der Waals surface area (Å²) in [6.45, 7) is 1.26. The van der Waals surface area contributed by atoms with Crippen molar-refractivity contribution in [3.8, 4) is 0 Å². The zero-order valence-electron chi connectivity index (χ0n) is 12.8. The quantitative estimate of drug-likeness (QED) is 0.913. The van der Waals surface area contributed by atoms with Crippen LogP contribution >= 0.6 is 0 Å². The largest absolute Gasteiger partial charge is 0.347 e. The van der Waals surface area contributed by atoms with Crippen molar-refractivity contribution in [1.29, 1.82) is 0 Å². The maximum absolute atomic E-state index is 12.1. The SMILES string of the molecule is O=C(N[C@H]1CC(=O)N(CCc2ccccc2)C1)c1ccncc1. The molecule has 5 heteroatoms. The Morgan fingerprint density at radius 1 is 1.17 bits per heavy atom. The topological polar surface area (TPSA) is 62.3 Å². The van der Waals surface area contributed by atoms with Gasteiger partial charge < -0.3 is 10.2 Å². The van der Waals surface area contributed by atoms with Gasteiger partial charge in [-0.15, -0.1) is 0 Å². The molecule has 0 spiro atoms. The van der Waals surface area contributed by atoms with Crippen LogP contribution in [-0.4, -0.2) is 40.8 Å². The average molecular weight is 309 g/mol. The van der Waals surface area contributed by atoms with E-state index in [1.807, 2.05) is 23.1 Å². The Morgan fingerprint density at radius 2 is 1.91 bits per heavy atom. The van der Waals surface area contributed by atoms with Crippen molar-refractivity contribution in [3.05, 3.63) is 66.0 Å². The van der Waals surface area contributed by atoms with Crippen molar-refractivity contribution in [3.63, 3.8) is 0 Å². The van der Waals surface area contributed by atoms with Crippen LogP contribution in [0.3, 0.4) is 0 Å². The summed E-state index contributed by atoms with van der Waals surface area (Å²) in [7, 11) is 0. The molecule has 0 unspecified atom stereocenters. The summed E-state index contributed by atoms with van der Waals surface area (Å²) < 4.78 is 0. The van der Waals surface area contributed by atoms with Crippen LogP contribution < -0.4 is 5.32 Å². The van der Waals surface area contributed by atoms with Gasteiger partial charge >= 0.3 is 0 Å². The van der Waals surface area contributed by atoms with E-state index >= 15 is 0 Å². The van der Waals surface area contributed by atoms with E-state index in [-0.39, 0.29) is 17.9 Å². The molecule has 3 rings (SSSR count). The van der Waals surface area contributed by atoms with Crippen LogP contribution in [0.5, 0.6) is 0 Å². The van der Waals surface area contributed by atoms with Gasteiger partial charge in [-0.2, -0.15) is 0 Å². The van der Waals surface area contributed by atoms with Gasteiger partial charge in [-0.1, -0.05) is 30.3 Å². The minimum atomic E-state index is -0.157. The molecular weight excluding hydrogens is 290 g/mol. The summed E-state index contributed by atoms with van der Waals surface area (Å²) in [6, 6.07) is 13.3. The Bertz CT molecular complexity index is 673. The Morgan fingerprint density at radius 3 is 2.65 bits per heavy atom. The fourth-order valence-corrected chi connectivity index (χ4v) is 2.77. The summed E-state index contributed by atoms with van der Waals surface area (Å²) in [6.07, 6.45) is 4.37. The number of hydrogen-bond acceptors (Lipinski definition) is 3. The molecule has 5 nitrogen and oxygen atoms in total. The molecule has 1 aliphatic heterocycles. The lowest BCUT2D eigenvalue weighted by Crippen LogP contribution is -2.37. The lowest BCUT2D eigenvalue weighted by molar-refractivity contribution is -0.127. The minimum absolute atomic E-state index is 0.0981. The molecule has 1 atom stereocenters. The van der Waals surface area contributed by atoms with Gasteiger partial charge in [0.1, 0.15) is 0 Å². The van der Waals surface area contributed by atoms with E-state index in [1.165, 1.54) is 5.56 Å². The lowest BCUT2D eigenvalue weighted by Gasteiger charge is -2.17. The normalized spacial score (nSPS) is 17.3. The molecule has 1 saturated heterocycles. The van der Waals surface area contributed by atoms with Gasteiger partial charge in [0.05, 0.1) is 6.04 Å². The number of amides is 2. The molecule has 2 aromatic rings. The van der Waals surface area contributed by atoms with E-state index in [0.717, 1.165) is 6.42 Å². The van der Waals surface area contributed by atoms with Crippen molar-refractivity contribution in [2.75, 3.05) is 13.1 Å². The molecule has 0 aliphatic carbocycles. The van der Waals surface area contributed by atoms with Crippen molar-refractivity contribution in [2.45, 2.75) is 18.9 Å². The number of carbonyl (C=O) groups excluding carboxylic acids is 2. The third kappa shape index (κ3) is 3.94. The van der Waals surface area contributed by atoms with Gasteiger partial charge in [0.25, 0.3) is 5.91 Å². The number of nitrogens with zero attached hydrogens (tertiary/aromatic N) is 2. The van der Waals surface area contributed by atoms with E-state index < -0.39 is 0 Å². The van der Waals surface area contributed by atoms with Gasteiger partial charge in [-0.25, -0.2) is 0 Å². The molecule has 23 heavy (non-hydrogen) atoms. The van der Waals surface area contributed by atoms with Crippen LogP contribution in [0, 0.1) is 0 Å². The fourth-order valence-electron chi connectivity index (χ4n) is 2.77. The Hall–Kier alpha value is -2.69. The molecule has 1 aromatic carbocycles. The van der Waals surface area contributed by atoms with Crippen LogP contribution in [0.15, 0.2) is 54.9 Å². The maximum atomic E-state index is 12.1. The van der Waals surface area contributed by atoms with Crippen molar-refractivity contribution in [2.24, 2.45) is 0 Å². The van der Waals surface area contributed by atoms with Crippen LogP contribution in [0.25, 0.3) is 0 Å².